The lowest BCUT2D eigenvalue weighted by atomic mass is 10.2. The molecule has 0 fully saturated rings. The lowest BCUT2D eigenvalue weighted by Crippen LogP contribution is -1.95. The SMILES string of the molecule is Cn1c2ccc(Br)cc2c2nnc(SCC#N)nc21. The van der Waals surface area contributed by atoms with Gasteiger partial charge in [-0.3, -0.25) is 0 Å². The van der Waals surface area contributed by atoms with Crippen LogP contribution in [-0.4, -0.2) is 25.5 Å². The van der Waals surface area contributed by atoms with Crippen LogP contribution < -0.4 is 0 Å². The Balaban J connectivity index is 2.26. The molecule has 19 heavy (non-hydrogen) atoms. The lowest BCUT2D eigenvalue weighted by Gasteiger charge is -1.97. The van der Waals surface area contributed by atoms with Gasteiger partial charge in [-0.2, -0.15) is 5.26 Å². The molecule has 0 aliphatic carbocycles. The summed E-state index contributed by atoms with van der Waals surface area (Å²) < 4.78 is 2.99. The van der Waals surface area contributed by atoms with E-state index in [1.807, 2.05) is 29.8 Å². The lowest BCUT2D eigenvalue weighted by molar-refractivity contribution is 0.856. The van der Waals surface area contributed by atoms with Crippen LogP contribution in [0.2, 0.25) is 0 Å². The van der Waals surface area contributed by atoms with Crippen molar-refractivity contribution >= 4 is 49.8 Å². The molecule has 3 aromatic rings. The number of thioether (sulfide) groups is 1. The minimum absolute atomic E-state index is 0.322. The van der Waals surface area contributed by atoms with Gasteiger partial charge in [-0.25, -0.2) is 4.98 Å². The Morgan fingerprint density at radius 3 is 3.05 bits per heavy atom. The minimum atomic E-state index is 0.322. The molecule has 2 aromatic heterocycles. The van der Waals surface area contributed by atoms with E-state index in [9.17, 15) is 0 Å². The second-order valence-corrected chi connectivity index (χ2v) is 5.79. The third-order valence-electron chi connectivity index (χ3n) is 2.81. The summed E-state index contributed by atoms with van der Waals surface area (Å²) in [5, 5.41) is 18.4. The van der Waals surface area contributed by atoms with Gasteiger partial charge in [0, 0.05) is 16.9 Å². The molecule has 0 aliphatic heterocycles. The molecule has 94 valence electrons. The fourth-order valence-electron chi connectivity index (χ4n) is 1.97. The number of rotatable bonds is 2. The number of aromatic nitrogens is 4. The first-order valence-corrected chi connectivity index (χ1v) is 7.26. The van der Waals surface area contributed by atoms with Crippen LogP contribution in [0.5, 0.6) is 0 Å². The molecule has 2 heterocycles. The van der Waals surface area contributed by atoms with E-state index < -0.39 is 0 Å². The van der Waals surface area contributed by atoms with E-state index in [4.69, 9.17) is 5.26 Å². The fraction of sp³-hybridized carbons (Fsp3) is 0.167. The highest BCUT2D eigenvalue weighted by molar-refractivity contribution is 9.10. The van der Waals surface area contributed by atoms with Crippen molar-refractivity contribution < 1.29 is 0 Å². The molecular formula is C12H8BrN5S. The Labute approximate surface area is 121 Å². The van der Waals surface area contributed by atoms with Gasteiger partial charge in [0.25, 0.3) is 0 Å². The van der Waals surface area contributed by atoms with E-state index >= 15 is 0 Å². The molecule has 0 amide bonds. The average molecular weight is 334 g/mol. The van der Waals surface area contributed by atoms with E-state index in [-0.39, 0.29) is 0 Å². The standard InChI is InChI=1S/C12H8BrN5S/c1-18-9-3-2-7(13)6-8(9)10-11(18)15-12(17-16-10)19-5-4-14/h2-3,6H,5H2,1H3. The summed E-state index contributed by atoms with van der Waals surface area (Å²) in [6.45, 7) is 0. The molecule has 0 saturated carbocycles. The van der Waals surface area contributed by atoms with Crippen LogP contribution in [0.3, 0.4) is 0 Å². The van der Waals surface area contributed by atoms with Crippen molar-refractivity contribution in [2.45, 2.75) is 5.16 Å². The molecule has 0 spiro atoms. The second kappa shape index (κ2) is 4.79. The molecule has 0 unspecified atom stereocenters. The van der Waals surface area contributed by atoms with Gasteiger partial charge >= 0.3 is 0 Å². The van der Waals surface area contributed by atoms with Gasteiger partial charge in [0.15, 0.2) is 5.65 Å². The molecule has 3 rings (SSSR count). The maximum atomic E-state index is 8.58. The van der Waals surface area contributed by atoms with E-state index in [0.29, 0.717) is 10.9 Å². The first-order chi connectivity index (χ1) is 9.20. The smallest absolute Gasteiger partial charge is 0.212 e. The summed E-state index contributed by atoms with van der Waals surface area (Å²) in [6.07, 6.45) is 0. The van der Waals surface area contributed by atoms with Gasteiger partial charge in [-0.05, 0) is 18.2 Å². The number of benzene rings is 1. The largest absolute Gasteiger partial charge is 0.327 e. The number of aryl methyl sites for hydroxylation is 1. The van der Waals surface area contributed by atoms with Crippen molar-refractivity contribution in [2.75, 3.05) is 5.75 Å². The molecule has 7 heteroatoms. The van der Waals surface area contributed by atoms with E-state index in [1.165, 1.54) is 11.8 Å². The molecule has 5 nitrogen and oxygen atoms in total. The Bertz CT molecular complexity index is 820. The zero-order chi connectivity index (χ0) is 13.4. The zero-order valence-electron chi connectivity index (χ0n) is 9.96. The molecular weight excluding hydrogens is 326 g/mol. The maximum Gasteiger partial charge on any atom is 0.212 e. The van der Waals surface area contributed by atoms with Crippen molar-refractivity contribution in [3.63, 3.8) is 0 Å². The number of fused-ring (bicyclic) bond motifs is 3. The van der Waals surface area contributed by atoms with Gasteiger partial charge in [0.05, 0.1) is 17.3 Å². The van der Waals surface area contributed by atoms with E-state index in [0.717, 1.165) is 26.5 Å². The monoisotopic (exact) mass is 333 g/mol. The number of nitrogens with zero attached hydrogens (tertiary/aromatic N) is 5. The molecule has 0 bridgehead atoms. The Kier molecular flexibility index (Phi) is 3.12. The topological polar surface area (TPSA) is 67.4 Å². The van der Waals surface area contributed by atoms with Crippen molar-refractivity contribution in [1.82, 2.24) is 19.7 Å². The summed E-state index contributed by atoms with van der Waals surface area (Å²) in [5.74, 6) is 0.322. The number of hydrogen-bond acceptors (Lipinski definition) is 5. The number of halogens is 1. The van der Waals surface area contributed by atoms with Crippen molar-refractivity contribution in [1.29, 1.82) is 5.26 Å². The van der Waals surface area contributed by atoms with Crippen LogP contribution in [-0.2, 0) is 7.05 Å². The van der Waals surface area contributed by atoms with Gasteiger partial charge < -0.3 is 4.57 Å². The third kappa shape index (κ3) is 2.07. The van der Waals surface area contributed by atoms with Crippen LogP contribution in [0.15, 0.2) is 27.8 Å². The second-order valence-electron chi connectivity index (χ2n) is 3.93. The van der Waals surface area contributed by atoms with Crippen LogP contribution in [0.4, 0.5) is 0 Å². The predicted octanol–water partition coefficient (Wildman–Crippen LogP) is 2.89. The summed E-state index contributed by atoms with van der Waals surface area (Å²) >= 11 is 4.75. The van der Waals surface area contributed by atoms with Crippen LogP contribution in [0, 0.1) is 11.3 Å². The van der Waals surface area contributed by atoms with Crippen LogP contribution in [0.25, 0.3) is 22.1 Å². The number of hydrogen-bond donors (Lipinski definition) is 0. The molecule has 0 aliphatic rings. The van der Waals surface area contributed by atoms with Crippen molar-refractivity contribution in [3.05, 3.63) is 22.7 Å². The Hall–Kier alpha value is -1.65. The maximum absolute atomic E-state index is 8.58. The quantitative estimate of drug-likeness (QED) is 0.674. The van der Waals surface area contributed by atoms with Gasteiger partial charge in [-0.15, -0.1) is 10.2 Å². The van der Waals surface area contributed by atoms with Crippen molar-refractivity contribution in [3.8, 4) is 6.07 Å². The van der Waals surface area contributed by atoms with E-state index in [2.05, 4.69) is 37.2 Å². The van der Waals surface area contributed by atoms with Crippen LogP contribution in [0.1, 0.15) is 0 Å². The highest BCUT2D eigenvalue weighted by atomic mass is 79.9. The number of nitriles is 1. The molecule has 1 aromatic carbocycles. The fourth-order valence-corrected chi connectivity index (χ4v) is 2.78. The first-order valence-electron chi connectivity index (χ1n) is 5.49. The normalized spacial score (nSPS) is 11.0. The Morgan fingerprint density at radius 1 is 1.42 bits per heavy atom. The highest BCUT2D eigenvalue weighted by Crippen LogP contribution is 2.28. The highest BCUT2D eigenvalue weighted by Gasteiger charge is 2.12. The Morgan fingerprint density at radius 2 is 2.26 bits per heavy atom. The summed E-state index contributed by atoms with van der Waals surface area (Å²) in [7, 11) is 1.95. The van der Waals surface area contributed by atoms with Crippen molar-refractivity contribution in [2.24, 2.45) is 7.05 Å². The van der Waals surface area contributed by atoms with Gasteiger partial charge in [-0.1, -0.05) is 27.7 Å². The zero-order valence-corrected chi connectivity index (χ0v) is 12.4. The predicted molar refractivity (Wildman–Crippen MR) is 77.8 cm³/mol. The summed E-state index contributed by atoms with van der Waals surface area (Å²) in [6, 6.07) is 8.07. The first kappa shape index (κ1) is 12.4. The molecule has 0 N–H and O–H groups in total. The molecule has 0 atom stereocenters. The average Bonchev–Trinajstić information content (AvgIpc) is 2.69. The molecule has 0 radical (unpaired) electrons. The minimum Gasteiger partial charge on any atom is -0.327 e. The van der Waals surface area contributed by atoms with Crippen LogP contribution >= 0.6 is 27.7 Å². The molecule has 0 saturated heterocycles. The van der Waals surface area contributed by atoms with E-state index in [1.54, 1.807) is 0 Å². The van der Waals surface area contributed by atoms with Gasteiger partial charge in [0.1, 0.15) is 5.52 Å². The summed E-state index contributed by atoms with van der Waals surface area (Å²) in [5.41, 5.74) is 2.62. The third-order valence-corrected chi connectivity index (χ3v) is 4.01. The van der Waals surface area contributed by atoms with Gasteiger partial charge in [0.2, 0.25) is 5.16 Å². The summed E-state index contributed by atoms with van der Waals surface area (Å²) in [4.78, 5) is 4.47.